The molecule has 6 heteroatoms. The first-order chi connectivity index (χ1) is 9.97. The SMILES string of the molecule is Cc1ccc(Cl)cc1NC(=O)C(=O)Nc1ccccc1Br. The molecule has 0 unspecified atom stereocenters. The largest absolute Gasteiger partial charge is 0.317 e. The number of halogens is 2. The lowest BCUT2D eigenvalue weighted by Gasteiger charge is -2.10. The number of hydrogen-bond acceptors (Lipinski definition) is 2. The molecule has 0 aromatic heterocycles. The van der Waals surface area contributed by atoms with Crippen LogP contribution in [-0.2, 0) is 9.59 Å². The van der Waals surface area contributed by atoms with Gasteiger partial charge in [-0.25, -0.2) is 0 Å². The Kier molecular flexibility index (Phi) is 4.98. The second-order valence-corrected chi connectivity index (χ2v) is 5.64. The summed E-state index contributed by atoms with van der Waals surface area (Å²) < 4.78 is 0.699. The number of hydrogen-bond donors (Lipinski definition) is 2. The molecule has 108 valence electrons. The number of rotatable bonds is 2. The zero-order valence-electron chi connectivity index (χ0n) is 11.1. The highest BCUT2D eigenvalue weighted by atomic mass is 79.9. The average Bonchev–Trinajstić information content (AvgIpc) is 2.45. The monoisotopic (exact) mass is 366 g/mol. The molecule has 0 aliphatic rings. The van der Waals surface area contributed by atoms with Gasteiger partial charge in [0.1, 0.15) is 0 Å². The maximum atomic E-state index is 11.9. The van der Waals surface area contributed by atoms with E-state index < -0.39 is 11.8 Å². The van der Waals surface area contributed by atoms with Crippen LogP contribution in [0.15, 0.2) is 46.9 Å². The number of amides is 2. The molecule has 0 atom stereocenters. The van der Waals surface area contributed by atoms with E-state index in [9.17, 15) is 9.59 Å². The number of carbonyl (C=O) groups excluding carboxylic acids is 2. The van der Waals surface area contributed by atoms with Crippen LogP contribution in [0.1, 0.15) is 5.56 Å². The summed E-state index contributed by atoms with van der Waals surface area (Å²) in [5.41, 5.74) is 1.86. The van der Waals surface area contributed by atoms with Gasteiger partial charge in [-0.05, 0) is 52.7 Å². The predicted octanol–water partition coefficient (Wildman–Crippen LogP) is 3.99. The Hall–Kier alpha value is -1.85. The van der Waals surface area contributed by atoms with Crippen molar-refractivity contribution in [3.8, 4) is 0 Å². The second kappa shape index (κ2) is 6.74. The Labute approximate surface area is 135 Å². The van der Waals surface area contributed by atoms with Gasteiger partial charge in [-0.1, -0.05) is 29.8 Å². The smallest absolute Gasteiger partial charge is 0.314 e. The highest BCUT2D eigenvalue weighted by molar-refractivity contribution is 9.10. The third-order valence-corrected chi connectivity index (χ3v) is 3.70. The zero-order valence-corrected chi connectivity index (χ0v) is 13.5. The van der Waals surface area contributed by atoms with E-state index in [4.69, 9.17) is 11.6 Å². The molecule has 0 aliphatic heterocycles. The molecule has 0 bridgehead atoms. The van der Waals surface area contributed by atoms with Gasteiger partial charge in [0.2, 0.25) is 0 Å². The van der Waals surface area contributed by atoms with E-state index in [-0.39, 0.29) is 0 Å². The topological polar surface area (TPSA) is 58.2 Å². The lowest BCUT2D eigenvalue weighted by Crippen LogP contribution is -2.29. The fourth-order valence-electron chi connectivity index (χ4n) is 1.65. The van der Waals surface area contributed by atoms with Gasteiger partial charge < -0.3 is 10.6 Å². The van der Waals surface area contributed by atoms with Crippen LogP contribution >= 0.6 is 27.5 Å². The Balaban J connectivity index is 2.08. The summed E-state index contributed by atoms with van der Waals surface area (Å²) in [5, 5.41) is 5.56. The van der Waals surface area contributed by atoms with Gasteiger partial charge in [-0.2, -0.15) is 0 Å². The molecule has 0 radical (unpaired) electrons. The fourth-order valence-corrected chi connectivity index (χ4v) is 2.21. The first kappa shape index (κ1) is 15.5. The number of aryl methyl sites for hydroxylation is 1. The van der Waals surface area contributed by atoms with Crippen molar-refractivity contribution < 1.29 is 9.59 Å². The quantitative estimate of drug-likeness (QED) is 0.789. The molecule has 2 aromatic carbocycles. The van der Waals surface area contributed by atoms with Gasteiger partial charge in [-0.15, -0.1) is 0 Å². The minimum Gasteiger partial charge on any atom is -0.317 e. The summed E-state index contributed by atoms with van der Waals surface area (Å²) in [6.45, 7) is 1.82. The number of carbonyl (C=O) groups is 2. The number of nitrogens with one attached hydrogen (secondary N) is 2. The number of benzene rings is 2. The van der Waals surface area contributed by atoms with Gasteiger partial charge in [0.05, 0.1) is 5.69 Å². The third-order valence-electron chi connectivity index (χ3n) is 2.78. The molecule has 2 rings (SSSR count). The summed E-state index contributed by atoms with van der Waals surface area (Å²) >= 11 is 9.17. The molecule has 4 nitrogen and oxygen atoms in total. The molecule has 2 aromatic rings. The highest BCUT2D eigenvalue weighted by Crippen LogP contribution is 2.22. The maximum absolute atomic E-state index is 11.9. The average molecular weight is 368 g/mol. The van der Waals surface area contributed by atoms with Gasteiger partial charge in [0.25, 0.3) is 0 Å². The second-order valence-electron chi connectivity index (χ2n) is 4.35. The van der Waals surface area contributed by atoms with Gasteiger partial charge in [-0.3, -0.25) is 9.59 Å². The molecule has 0 heterocycles. The maximum Gasteiger partial charge on any atom is 0.314 e. The van der Waals surface area contributed by atoms with Crippen molar-refractivity contribution in [2.75, 3.05) is 10.6 Å². The first-order valence-corrected chi connectivity index (χ1v) is 7.27. The van der Waals surface area contributed by atoms with E-state index >= 15 is 0 Å². The molecule has 21 heavy (non-hydrogen) atoms. The summed E-state index contributed by atoms with van der Waals surface area (Å²) in [6, 6.07) is 12.1. The summed E-state index contributed by atoms with van der Waals surface area (Å²) in [4.78, 5) is 23.8. The van der Waals surface area contributed by atoms with Crippen LogP contribution in [0.4, 0.5) is 11.4 Å². The van der Waals surface area contributed by atoms with Gasteiger partial charge in [0.15, 0.2) is 0 Å². The van der Waals surface area contributed by atoms with Crippen molar-refractivity contribution in [2.24, 2.45) is 0 Å². The summed E-state index contributed by atoms with van der Waals surface area (Å²) in [7, 11) is 0. The summed E-state index contributed by atoms with van der Waals surface area (Å²) in [6.07, 6.45) is 0. The van der Waals surface area contributed by atoms with E-state index in [1.54, 1.807) is 36.4 Å². The standard InChI is InChI=1S/C15H12BrClN2O2/c1-9-6-7-10(17)8-13(9)19-15(21)14(20)18-12-5-3-2-4-11(12)16/h2-8H,1H3,(H,18,20)(H,19,21). The number of anilines is 2. The number of para-hydroxylation sites is 1. The molecule has 0 saturated heterocycles. The van der Waals surface area contributed by atoms with Crippen LogP contribution in [0.25, 0.3) is 0 Å². The van der Waals surface area contributed by atoms with Crippen LogP contribution in [0, 0.1) is 6.92 Å². The van der Waals surface area contributed by atoms with Crippen LogP contribution in [0.3, 0.4) is 0 Å². The van der Waals surface area contributed by atoms with E-state index in [0.717, 1.165) is 5.56 Å². The Morgan fingerprint density at radius 3 is 2.29 bits per heavy atom. The lowest BCUT2D eigenvalue weighted by atomic mass is 10.2. The zero-order chi connectivity index (χ0) is 15.4. The van der Waals surface area contributed by atoms with Crippen LogP contribution in [0.2, 0.25) is 5.02 Å². The Morgan fingerprint density at radius 2 is 1.62 bits per heavy atom. The third kappa shape index (κ3) is 4.06. The van der Waals surface area contributed by atoms with Crippen LogP contribution in [0.5, 0.6) is 0 Å². The molecular weight excluding hydrogens is 356 g/mol. The molecule has 0 saturated carbocycles. The van der Waals surface area contributed by atoms with Crippen LogP contribution < -0.4 is 10.6 Å². The molecular formula is C15H12BrClN2O2. The predicted molar refractivity (Wildman–Crippen MR) is 87.6 cm³/mol. The molecule has 0 spiro atoms. The van der Waals surface area contributed by atoms with Crippen molar-refractivity contribution in [1.29, 1.82) is 0 Å². The minimum atomic E-state index is -0.754. The van der Waals surface area contributed by atoms with Crippen molar-refractivity contribution in [3.63, 3.8) is 0 Å². The van der Waals surface area contributed by atoms with Gasteiger partial charge in [0, 0.05) is 15.2 Å². The minimum absolute atomic E-state index is 0.488. The highest BCUT2D eigenvalue weighted by Gasteiger charge is 2.16. The van der Waals surface area contributed by atoms with Crippen molar-refractivity contribution in [1.82, 2.24) is 0 Å². The molecule has 0 aliphatic carbocycles. The Bertz CT molecular complexity index is 704. The van der Waals surface area contributed by atoms with E-state index in [0.29, 0.717) is 20.9 Å². The van der Waals surface area contributed by atoms with Crippen molar-refractivity contribution in [3.05, 3.63) is 57.5 Å². The van der Waals surface area contributed by atoms with Crippen molar-refractivity contribution >= 4 is 50.7 Å². The van der Waals surface area contributed by atoms with E-state index in [2.05, 4.69) is 26.6 Å². The molecule has 2 amide bonds. The van der Waals surface area contributed by atoms with E-state index in [1.165, 1.54) is 0 Å². The van der Waals surface area contributed by atoms with Gasteiger partial charge >= 0.3 is 11.8 Å². The molecule has 2 N–H and O–H groups in total. The lowest BCUT2D eigenvalue weighted by molar-refractivity contribution is -0.133. The normalized spacial score (nSPS) is 10.0. The van der Waals surface area contributed by atoms with E-state index in [1.807, 2.05) is 13.0 Å². The Morgan fingerprint density at radius 1 is 1.00 bits per heavy atom. The van der Waals surface area contributed by atoms with Crippen molar-refractivity contribution in [2.45, 2.75) is 6.92 Å². The van der Waals surface area contributed by atoms with Crippen LogP contribution in [-0.4, -0.2) is 11.8 Å². The fraction of sp³-hybridized carbons (Fsp3) is 0.0667. The molecule has 0 fully saturated rings. The first-order valence-electron chi connectivity index (χ1n) is 6.10. The summed E-state index contributed by atoms with van der Waals surface area (Å²) in [5.74, 6) is -1.50.